The molecule has 92 valence electrons. The first-order valence-corrected chi connectivity index (χ1v) is 5.16. The van der Waals surface area contributed by atoms with Crippen molar-refractivity contribution in [1.82, 2.24) is 4.98 Å². The third kappa shape index (κ3) is 2.08. The van der Waals surface area contributed by atoms with Crippen LogP contribution in [0.3, 0.4) is 0 Å². The lowest BCUT2D eigenvalue weighted by Gasteiger charge is -1.95. The Labute approximate surface area is 102 Å². The molecule has 2 aromatic rings. The summed E-state index contributed by atoms with van der Waals surface area (Å²) < 4.78 is 0. The molecule has 18 heavy (non-hydrogen) atoms. The fourth-order valence-electron chi connectivity index (χ4n) is 1.72. The number of carboxylic acids is 1. The lowest BCUT2D eigenvalue weighted by molar-refractivity contribution is -0.419. The summed E-state index contributed by atoms with van der Waals surface area (Å²) in [7, 11) is 0. The number of aromatic nitrogens is 1. The van der Waals surface area contributed by atoms with Crippen LogP contribution in [-0.4, -0.2) is 21.0 Å². The van der Waals surface area contributed by atoms with Gasteiger partial charge in [0, 0.05) is 28.7 Å². The van der Waals surface area contributed by atoms with Crippen molar-refractivity contribution in [3.8, 4) is 0 Å². The number of nitrogens with zero attached hydrogens (tertiary/aromatic N) is 1. The maximum absolute atomic E-state index is 10.7. The number of carboxylic acid groups (broad SMARTS) is 1. The summed E-state index contributed by atoms with van der Waals surface area (Å²) in [5.41, 5.74) is 1.50. The lowest BCUT2D eigenvalue weighted by atomic mass is 10.1. The van der Waals surface area contributed by atoms with Gasteiger partial charge in [0.2, 0.25) is 0 Å². The number of aliphatic carboxylic acids is 1. The highest BCUT2D eigenvalue weighted by Crippen LogP contribution is 2.21. The van der Waals surface area contributed by atoms with E-state index in [4.69, 9.17) is 5.11 Å². The van der Waals surface area contributed by atoms with Crippen LogP contribution in [0, 0.1) is 17.0 Å². The second kappa shape index (κ2) is 4.33. The number of hydrogen-bond donors (Lipinski definition) is 2. The Balaban J connectivity index is 2.58. The molecule has 1 aromatic carbocycles. The van der Waals surface area contributed by atoms with Crippen molar-refractivity contribution in [2.24, 2.45) is 0 Å². The molecule has 0 spiro atoms. The van der Waals surface area contributed by atoms with Crippen LogP contribution < -0.4 is 0 Å². The number of fused-ring (bicyclic) bond motifs is 1. The molecule has 2 rings (SSSR count). The van der Waals surface area contributed by atoms with Gasteiger partial charge in [0.05, 0.1) is 4.92 Å². The minimum absolute atomic E-state index is 0.485. The van der Waals surface area contributed by atoms with Gasteiger partial charge in [-0.15, -0.1) is 0 Å². The number of benzene rings is 1. The summed E-state index contributed by atoms with van der Waals surface area (Å²) in [6.45, 7) is 1.93. The Kier molecular flexibility index (Phi) is 2.85. The summed E-state index contributed by atoms with van der Waals surface area (Å²) in [4.78, 5) is 23.4. The first-order chi connectivity index (χ1) is 8.49. The van der Waals surface area contributed by atoms with E-state index >= 15 is 0 Å². The largest absolute Gasteiger partial charge is 0.473 e. The molecule has 0 bridgehead atoms. The van der Waals surface area contributed by atoms with E-state index in [2.05, 4.69) is 4.98 Å². The van der Waals surface area contributed by atoms with E-state index in [1.165, 1.54) is 0 Å². The molecule has 0 aliphatic rings. The molecule has 0 atom stereocenters. The molecule has 0 saturated heterocycles. The molecular formula is C12H10N2O4. The van der Waals surface area contributed by atoms with Gasteiger partial charge in [-0.05, 0) is 18.6 Å². The number of nitrogens with one attached hydrogen (secondary N) is 1. The average Bonchev–Trinajstić information content (AvgIpc) is 2.67. The van der Waals surface area contributed by atoms with Crippen molar-refractivity contribution in [2.45, 2.75) is 6.92 Å². The average molecular weight is 246 g/mol. The van der Waals surface area contributed by atoms with E-state index in [0.29, 0.717) is 5.56 Å². The number of H-pyrrole nitrogens is 1. The molecular weight excluding hydrogens is 236 g/mol. The first kappa shape index (κ1) is 11.8. The van der Waals surface area contributed by atoms with E-state index in [1.807, 2.05) is 19.1 Å². The molecule has 0 aliphatic heterocycles. The Hall–Kier alpha value is -2.63. The van der Waals surface area contributed by atoms with Crippen molar-refractivity contribution in [3.63, 3.8) is 0 Å². The van der Waals surface area contributed by atoms with Gasteiger partial charge in [-0.1, -0.05) is 12.1 Å². The molecule has 2 N–H and O–H groups in total. The van der Waals surface area contributed by atoms with Crippen LogP contribution in [0.4, 0.5) is 0 Å². The number of aryl methyl sites for hydroxylation is 1. The Morgan fingerprint density at radius 2 is 2.22 bits per heavy atom. The first-order valence-electron chi connectivity index (χ1n) is 5.16. The fourth-order valence-corrected chi connectivity index (χ4v) is 1.72. The molecule has 0 radical (unpaired) electrons. The predicted octanol–water partition coefficient (Wildman–Crippen LogP) is 2.18. The van der Waals surface area contributed by atoms with Gasteiger partial charge in [0.15, 0.2) is 0 Å². The molecule has 0 fully saturated rings. The van der Waals surface area contributed by atoms with E-state index in [0.717, 1.165) is 22.5 Å². The second-order valence-electron chi connectivity index (χ2n) is 3.88. The minimum Gasteiger partial charge on any atom is -0.473 e. The van der Waals surface area contributed by atoms with Crippen LogP contribution in [0.15, 0.2) is 30.1 Å². The Morgan fingerprint density at radius 1 is 1.50 bits per heavy atom. The van der Waals surface area contributed by atoms with Crippen LogP contribution >= 0.6 is 0 Å². The molecule has 0 aliphatic carbocycles. The second-order valence-corrected chi connectivity index (χ2v) is 3.88. The van der Waals surface area contributed by atoms with Crippen molar-refractivity contribution < 1.29 is 14.8 Å². The van der Waals surface area contributed by atoms with Crippen LogP contribution in [0.2, 0.25) is 0 Å². The monoisotopic (exact) mass is 246 g/mol. The number of carbonyl (C=O) groups is 1. The van der Waals surface area contributed by atoms with Gasteiger partial charge in [-0.3, -0.25) is 10.1 Å². The number of rotatable bonds is 3. The summed E-state index contributed by atoms with van der Waals surface area (Å²) in [6, 6.07) is 5.55. The van der Waals surface area contributed by atoms with Crippen LogP contribution in [0.25, 0.3) is 17.0 Å². The molecule has 6 nitrogen and oxygen atoms in total. The zero-order valence-electron chi connectivity index (χ0n) is 9.51. The summed E-state index contributed by atoms with van der Waals surface area (Å²) in [5, 5.41) is 20.1. The maximum atomic E-state index is 10.7. The topological polar surface area (TPSA) is 96.2 Å². The quantitative estimate of drug-likeness (QED) is 0.492. The van der Waals surface area contributed by atoms with Crippen LogP contribution in [0.1, 0.15) is 11.1 Å². The van der Waals surface area contributed by atoms with E-state index in [-0.39, 0.29) is 0 Å². The standard InChI is InChI=1S/C12H10N2O4/c1-7-2-3-9-8(6-13-10(9)4-7)5-11(12(15)16)14(17)18/h2-6,13H,1H3,(H,15,16). The third-order valence-electron chi connectivity index (χ3n) is 2.58. The maximum Gasteiger partial charge on any atom is 0.407 e. The molecule has 6 heteroatoms. The fraction of sp³-hybridized carbons (Fsp3) is 0.0833. The van der Waals surface area contributed by atoms with Crippen LogP contribution in [-0.2, 0) is 4.79 Å². The zero-order chi connectivity index (χ0) is 13.3. The Morgan fingerprint density at radius 3 is 2.83 bits per heavy atom. The molecule has 0 saturated carbocycles. The molecule has 1 heterocycles. The summed E-state index contributed by atoms with van der Waals surface area (Å²) >= 11 is 0. The van der Waals surface area contributed by atoms with Crippen molar-refractivity contribution in [1.29, 1.82) is 0 Å². The van der Waals surface area contributed by atoms with Gasteiger partial charge < -0.3 is 10.1 Å². The van der Waals surface area contributed by atoms with Crippen molar-refractivity contribution in [3.05, 3.63) is 51.3 Å². The highest BCUT2D eigenvalue weighted by molar-refractivity contribution is 5.95. The van der Waals surface area contributed by atoms with Gasteiger partial charge in [0.1, 0.15) is 0 Å². The SMILES string of the molecule is Cc1ccc2c(C=C(C(=O)O)[N+](=O)[O-])c[nH]c2c1. The molecule has 1 aromatic heterocycles. The van der Waals surface area contributed by atoms with E-state index < -0.39 is 16.6 Å². The van der Waals surface area contributed by atoms with Gasteiger partial charge >= 0.3 is 11.7 Å². The van der Waals surface area contributed by atoms with E-state index in [1.54, 1.807) is 12.3 Å². The van der Waals surface area contributed by atoms with Crippen molar-refractivity contribution >= 4 is 22.9 Å². The highest BCUT2D eigenvalue weighted by Gasteiger charge is 2.21. The number of hydrogen-bond acceptors (Lipinski definition) is 3. The Bertz CT molecular complexity index is 654. The summed E-state index contributed by atoms with van der Waals surface area (Å²) in [6.07, 6.45) is 2.60. The van der Waals surface area contributed by atoms with Crippen LogP contribution in [0.5, 0.6) is 0 Å². The molecule has 0 unspecified atom stereocenters. The van der Waals surface area contributed by atoms with Gasteiger partial charge in [-0.25, -0.2) is 4.79 Å². The predicted molar refractivity (Wildman–Crippen MR) is 65.6 cm³/mol. The molecule has 0 amide bonds. The lowest BCUT2D eigenvalue weighted by Crippen LogP contribution is -2.09. The van der Waals surface area contributed by atoms with E-state index in [9.17, 15) is 14.9 Å². The third-order valence-corrected chi connectivity index (χ3v) is 2.58. The highest BCUT2D eigenvalue weighted by atomic mass is 16.6. The van der Waals surface area contributed by atoms with Gasteiger partial charge in [-0.2, -0.15) is 0 Å². The zero-order valence-corrected chi connectivity index (χ0v) is 9.51. The normalized spacial score (nSPS) is 11.7. The van der Waals surface area contributed by atoms with Gasteiger partial charge in [0.25, 0.3) is 0 Å². The number of nitro groups is 1. The minimum atomic E-state index is -1.55. The summed E-state index contributed by atoms with van der Waals surface area (Å²) in [5.74, 6) is -1.55. The smallest absolute Gasteiger partial charge is 0.407 e. The van der Waals surface area contributed by atoms with Crippen molar-refractivity contribution in [2.75, 3.05) is 0 Å². The number of aromatic amines is 1.